The van der Waals surface area contributed by atoms with E-state index in [-0.39, 0.29) is 25.4 Å². The fourth-order valence-corrected chi connectivity index (χ4v) is 2.16. The van der Waals surface area contributed by atoms with Gasteiger partial charge in [0, 0.05) is 12.0 Å². The molecule has 6 nitrogen and oxygen atoms in total. The van der Waals surface area contributed by atoms with Crippen LogP contribution < -0.4 is 14.8 Å². The summed E-state index contributed by atoms with van der Waals surface area (Å²) in [5.74, 6) is 0.142. The van der Waals surface area contributed by atoms with Crippen LogP contribution in [-0.2, 0) is 4.79 Å². The number of carboxylic acid groups (broad SMARTS) is 1. The standard InChI is InChI=1S/C15H19NO5/c1-2-7-16-11(4-6-14(17)18)15(19)10-3-5-12-13(8-10)21-9-20-12/h3,5,8,11,16H,2,4,6-7,9H2,1H3,(H,17,18). The first kappa shape index (κ1) is 15.3. The molecule has 1 atom stereocenters. The quantitative estimate of drug-likeness (QED) is 0.711. The molecule has 1 heterocycles. The van der Waals surface area contributed by atoms with Crippen LogP contribution in [0.1, 0.15) is 36.5 Å². The molecule has 0 saturated heterocycles. The van der Waals surface area contributed by atoms with E-state index in [1.165, 1.54) is 0 Å². The summed E-state index contributed by atoms with van der Waals surface area (Å²) in [4.78, 5) is 23.2. The van der Waals surface area contributed by atoms with Gasteiger partial charge in [-0.3, -0.25) is 9.59 Å². The molecule has 0 aromatic heterocycles. The van der Waals surface area contributed by atoms with Crippen LogP contribution in [0.15, 0.2) is 18.2 Å². The van der Waals surface area contributed by atoms with Crippen LogP contribution in [0.2, 0.25) is 0 Å². The summed E-state index contributed by atoms with van der Waals surface area (Å²) in [6.07, 6.45) is 1.10. The van der Waals surface area contributed by atoms with E-state index >= 15 is 0 Å². The van der Waals surface area contributed by atoms with Crippen molar-refractivity contribution in [2.45, 2.75) is 32.2 Å². The fraction of sp³-hybridized carbons (Fsp3) is 0.467. The molecule has 0 saturated carbocycles. The Labute approximate surface area is 123 Å². The Morgan fingerprint density at radius 3 is 2.81 bits per heavy atom. The summed E-state index contributed by atoms with van der Waals surface area (Å²) in [7, 11) is 0. The first-order valence-corrected chi connectivity index (χ1v) is 7.01. The van der Waals surface area contributed by atoms with E-state index in [1.807, 2.05) is 6.92 Å². The number of Topliss-reactive ketones (excluding diaryl/α,β-unsaturated/α-hetero) is 1. The van der Waals surface area contributed by atoms with Gasteiger partial charge >= 0.3 is 5.97 Å². The maximum atomic E-state index is 12.5. The zero-order valence-corrected chi connectivity index (χ0v) is 11.9. The van der Waals surface area contributed by atoms with Crippen LogP contribution in [-0.4, -0.2) is 36.2 Å². The second kappa shape index (κ2) is 7.08. The molecule has 1 aromatic rings. The zero-order chi connectivity index (χ0) is 15.2. The summed E-state index contributed by atoms with van der Waals surface area (Å²) in [5, 5.41) is 11.9. The maximum absolute atomic E-state index is 12.5. The van der Waals surface area contributed by atoms with Gasteiger partial charge < -0.3 is 19.9 Å². The minimum Gasteiger partial charge on any atom is -0.481 e. The SMILES string of the molecule is CCCNC(CCC(=O)O)C(=O)c1ccc2c(c1)OCO2. The largest absolute Gasteiger partial charge is 0.481 e. The number of hydrogen-bond donors (Lipinski definition) is 2. The van der Waals surface area contributed by atoms with E-state index in [0.717, 1.165) is 6.42 Å². The average Bonchev–Trinajstić information content (AvgIpc) is 2.93. The summed E-state index contributed by atoms with van der Waals surface area (Å²) in [6, 6.07) is 4.52. The first-order valence-electron chi connectivity index (χ1n) is 7.01. The third kappa shape index (κ3) is 3.95. The van der Waals surface area contributed by atoms with Crippen molar-refractivity contribution < 1.29 is 24.2 Å². The molecule has 0 fully saturated rings. The first-order chi connectivity index (χ1) is 10.1. The molecule has 0 spiro atoms. The van der Waals surface area contributed by atoms with Crippen molar-refractivity contribution in [1.29, 1.82) is 0 Å². The molecular formula is C15H19NO5. The van der Waals surface area contributed by atoms with Gasteiger partial charge in [-0.25, -0.2) is 0 Å². The Kier molecular flexibility index (Phi) is 5.16. The van der Waals surface area contributed by atoms with E-state index in [0.29, 0.717) is 23.6 Å². The lowest BCUT2D eigenvalue weighted by atomic mass is 9.99. The molecule has 0 aliphatic carbocycles. The van der Waals surface area contributed by atoms with Crippen LogP contribution in [0.5, 0.6) is 11.5 Å². The summed E-state index contributed by atoms with van der Waals surface area (Å²) in [5.41, 5.74) is 0.498. The molecule has 2 N–H and O–H groups in total. The molecule has 6 heteroatoms. The van der Waals surface area contributed by atoms with E-state index in [2.05, 4.69) is 5.32 Å². The lowest BCUT2D eigenvalue weighted by Gasteiger charge is -2.16. The smallest absolute Gasteiger partial charge is 0.303 e. The minimum atomic E-state index is -0.906. The van der Waals surface area contributed by atoms with Gasteiger partial charge in [0.25, 0.3) is 0 Å². The van der Waals surface area contributed by atoms with Crippen LogP contribution in [0.3, 0.4) is 0 Å². The van der Waals surface area contributed by atoms with E-state index in [9.17, 15) is 9.59 Å². The Bertz CT molecular complexity index is 529. The third-order valence-corrected chi connectivity index (χ3v) is 3.26. The van der Waals surface area contributed by atoms with E-state index in [4.69, 9.17) is 14.6 Å². The number of fused-ring (bicyclic) bond motifs is 1. The average molecular weight is 293 g/mol. The van der Waals surface area contributed by atoms with Crippen molar-refractivity contribution in [2.75, 3.05) is 13.3 Å². The predicted molar refractivity (Wildman–Crippen MR) is 75.8 cm³/mol. The van der Waals surface area contributed by atoms with Crippen molar-refractivity contribution >= 4 is 11.8 Å². The molecular weight excluding hydrogens is 274 g/mol. The van der Waals surface area contributed by atoms with Gasteiger partial charge in [-0.05, 0) is 37.6 Å². The molecule has 0 radical (unpaired) electrons. The summed E-state index contributed by atoms with van der Waals surface area (Å²) >= 11 is 0. The van der Waals surface area contributed by atoms with Crippen LogP contribution in [0, 0.1) is 0 Å². The number of carbonyl (C=O) groups is 2. The van der Waals surface area contributed by atoms with Crippen molar-refractivity contribution in [3.05, 3.63) is 23.8 Å². The van der Waals surface area contributed by atoms with Crippen LogP contribution in [0.4, 0.5) is 0 Å². The lowest BCUT2D eigenvalue weighted by Crippen LogP contribution is -2.37. The number of hydrogen-bond acceptors (Lipinski definition) is 5. The molecule has 1 aliphatic heterocycles. The zero-order valence-electron chi connectivity index (χ0n) is 11.9. The number of ether oxygens (including phenoxy) is 2. The second-order valence-corrected chi connectivity index (χ2v) is 4.87. The summed E-state index contributed by atoms with van der Waals surface area (Å²) in [6.45, 7) is 2.82. The van der Waals surface area contributed by atoms with Crippen LogP contribution in [0.25, 0.3) is 0 Å². The third-order valence-electron chi connectivity index (χ3n) is 3.26. The Hall–Kier alpha value is -2.08. The number of rotatable bonds is 8. The number of nitrogens with one attached hydrogen (secondary N) is 1. The Morgan fingerprint density at radius 2 is 2.10 bits per heavy atom. The van der Waals surface area contributed by atoms with Gasteiger partial charge in [0.2, 0.25) is 6.79 Å². The molecule has 1 aliphatic rings. The van der Waals surface area contributed by atoms with Gasteiger partial charge in [0.05, 0.1) is 6.04 Å². The van der Waals surface area contributed by atoms with Gasteiger partial charge in [-0.1, -0.05) is 6.92 Å². The molecule has 114 valence electrons. The molecule has 0 bridgehead atoms. The van der Waals surface area contributed by atoms with E-state index < -0.39 is 12.0 Å². The van der Waals surface area contributed by atoms with Crippen molar-refractivity contribution in [1.82, 2.24) is 5.32 Å². The van der Waals surface area contributed by atoms with Crippen molar-refractivity contribution in [2.24, 2.45) is 0 Å². The number of carbonyl (C=O) groups excluding carboxylic acids is 1. The molecule has 0 amide bonds. The topological polar surface area (TPSA) is 84.9 Å². The van der Waals surface area contributed by atoms with Crippen LogP contribution >= 0.6 is 0 Å². The molecule has 1 aromatic carbocycles. The maximum Gasteiger partial charge on any atom is 0.303 e. The predicted octanol–water partition coefficient (Wildman–Crippen LogP) is 1.83. The normalized spacial score (nSPS) is 14.0. The number of ketones is 1. The highest BCUT2D eigenvalue weighted by molar-refractivity contribution is 6.00. The van der Waals surface area contributed by atoms with Gasteiger partial charge in [-0.15, -0.1) is 0 Å². The second-order valence-electron chi connectivity index (χ2n) is 4.87. The number of benzene rings is 1. The van der Waals surface area contributed by atoms with Gasteiger partial charge in [-0.2, -0.15) is 0 Å². The molecule has 21 heavy (non-hydrogen) atoms. The monoisotopic (exact) mass is 293 g/mol. The highest BCUT2D eigenvalue weighted by Crippen LogP contribution is 2.32. The molecule has 2 rings (SSSR count). The van der Waals surface area contributed by atoms with Gasteiger partial charge in [0.1, 0.15) is 0 Å². The molecule has 1 unspecified atom stereocenters. The Balaban J connectivity index is 2.10. The minimum absolute atomic E-state index is 0.0440. The van der Waals surface area contributed by atoms with Crippen molar-refractivity contribution in [3.8, 4) is 11.5 Å². The highest BCUT2D eigenvalue weighted by Gasteiger charge is 2.23. The number of carboxylic acids is 1. The fourth-order valence-electron chi connectivity index (χ4n) is 2.16. The van der Waals surface area contributed by atoms with Crippen molar-refractivity contribution in [3.63, 3.8) is 0 Å². The van der Waals surface area contributed by atoms with E-state index in [1.54, 1.807) is 18.2 Å². The lowest BCUT2D eigenvalue weighted by molar-refractivity contribution is -0.137. The number of aliphatic carboxylic acids is 1. The van der Waals surface area contributed by atoms with Gasteiger partial charge in [0.15, 0.2) is 17.3 Å². The summed E-state index contributed by atoms with van der Waals surface area (Å²) < 4.78 is 10.5. The Morgan fingerprint density at radius 1 is 1.33 bits per heavy atom. The highest BCUT2D eigenvalue weighted by atomic mass is 16.7.